The molecule has 0 bridgehead atoms. The van der Waals surface area contributed by atoms with Gasteiger partial charge in [-0.25, -0.2) is 9.97 Å². The zero-order valence-electron chi connectivity index (χ0n) is 12.9. The lowest BCUT2D eigenvalue weighted by Crippen LogP contribution is -1.95. The molecule has 0 amide bonds. The summed E-state index contributed by atoms with van der Waals surface area (Å²) >= 11 is 3.51. The van der Waals surface area contributed by atoms with Crippen molar-refractivity contribution < 1.29 is 4.74 Å². The molecule has 0 radical (unpaired) electrons. The van der Waals surface area contributed by atoms with Crippen LogP contribution < -0.4 is 0 Å². The summed E-state index contributed by atoms with van der Waals surface area (Å²) in [7, 11) is 1.71. The molecule has 0 saturated carbocycles. The van der Waals surface area contributed by atoms with Gasteiger partial charge in [0.1, 0.15) is 16.8 Å². The number of nitrogens with zero attached hydrogens (tertiary/aromatic N) is 3. The highest BCUT2D eigenvalue weighted by Gasteiger charge is 2.10. The van der Waals surface area contributed by atoms with Crippen molar-refractivity contribution in [2.45, 2.75) is 31.5 Å². The normalized spacial score (nSPS) is 12.9. The van der Waals surface area contributed by atoms with Crippen LogP contribution in [0.4, 0.5) is 0 Å². The summed E-state index contributed by atoms with van der Waals surface area (Å²) < 4.78 is 7.43. The topological polar surface area (TPSA) is 39.4 Å². The highest BCUT2D eigenvalue weighted by Crippen LogP contribution is 2.24. The fourth-order valence-corrected chi connectivity index (χ4v) is 3.97. The Kier molecular flexibility index (Phi) is 4.81. The van der Waals surface area contributed by atoms with Crippen LogP contribution in [0.3, 0.4) is 0 Å². The second-order valence-corrected chi connectivity index (χ2v) is 7.05. The summed E-state index contributed by atoms with van der Waals surface area (Å²) in [6.45, 7) is 4.12. The number of rotatable bonds is 6. The van der Waals surface area contributed by atoms with E-state index in [1.54, 1.807) is 18.4 Å². The van der Waals surface area contributed by atoms with E-state index in [4.69, 9.17) is 4.74 Å². The van der Waals surface area contributed by atoms with Gasteiger partial charge in [-0.3, -0.25) is 0 Å². The lowest BCUT2D eigenvalue weighted by Gasteiger charge is -2.03. The van der Waals surface area contributed by atoms with Crippen LogP contribution in [0.15, 0.2) is 29.8 Å². The molecule has 0 aliphatic rings. The van der Waals surface area contributed by atoms with Crippen molar-refractivity contribution in [3.8, 4) is 0 Å². The van der Waals surface area contributed by atoms with E-state index in [9.17, 15) is 0 Å². The quantitative estimate of drug-likeness (QED) is 0.676. The van der Waals surface area contributed by atoms with Gasteiger partial charge in [-0.1, -0.05) is 6.07 Å². The third-order valence-corrected chi connectivity index (χ3v) is 5.57. The number of ether oxygens (including phenoxy) is 1. The molecular formula is C16H19N3OS2. The molecule has 0 fully saturated rings. The lowest BCUT2D eigenvalue weighted by molar-refractivity contribution is 0.119. The van der Waals surface area contributed by atoms with Crippen molar-refractivity contribution in [1.82, 2.24) is 14.4 Å². The number of aryl methyl sites for hydroxylation is 1. The smallest absolute Gasteiger partial charge is 0.137 e. The number of thioether (sulfide) groups is 1. The third-order valence-electron chi connectivity index (χ3n) is 3.52. The Bertz CT molecular complexity index is 766. The van der Waals surface area contributed by atoms with Crippen LogP contribution in [0.5, 0.6) is 0 Å². The number of methoxy groups -OCH3 is 1. The van der Waals surface area contributed by atoms with Gasteiger partial charge in [0.2, 0.25) is 0 Å². The van der Waals surface area contributed by atoms with E-state index in [-0.39, 0.29) is 6.10 Å². The SMILES string of the molecule is CO[C@@H](C)c1nc(CSCc2cn3c(C)cccc3n2)cs1. The van der Waals surface area contributed by atoms with E-state index in [0.717, 1.165) is 33.5 Å². The molecule has 3 heterocycles. The van der Waals surface area contributed by atoms with Crippen molar-refractivity contribution in [3.63, 3.8) is 0 Å². The van der Waals surface area contributed by atoms with Crippen LogP contribution in [0.25, 0.3) is 5.65 Å². The van der Waals surface area contributed by atoms with Gasteiger partial charge < -0.3 is 9.14 Å². The number of hydrogen-bond donors (Lipinski definition) is 0. The molecule has 4 nitrogen and oxygen atoms in total. The first-order valence-electron chi connectivity index (χ1n) is 7.16. The molecule has 0 aliphatic heterocycles. The third kappa shape index (κ3) is 3.34. The summed E-state index contributed by atoms with van der Waals surface area (Å²) in [4.78, 5) is 9.27. The van der Waals surface area contributed by atoms with Crippen molar-refractivity contribution in [1.29, 1.82) is 0 Å². The number of hydrogen-bond acceptors (Lipinski definition) is 5. The van der Waals surface area contributed by atoms with Crippen LogP contribution in [0, 0.1) is 6.92 Å². The molecule has 3 rings (SSSR count). The van der Waals surface area contributed by atoms with Gasteiger partial charge >= 0.3 is 0 Å². The van der Waals surface area contributed by atoms with E-state index in [1.165, 1.54) is 5.69 Å². The van der Waals surface area contributed by atoms with Crippen LogP contribution in [0.2, 0.25) is 0 Å². The first-order chi connectivity index (χ1) is 10.7. The average Bonchev–Trinajstić information content (AvgIpc) is 3.14. The summed E-state index contributed by atoms with van der Waals surface area (Å²) in [6, 6.07) is 6.18. The predicted octanol–water partition coefficient (Wildman–Crippen LogP) is 4.24. The van der Waals surface area contributed by atoms with Crippen LogP contribution in [0.1, 0.15) is 35.1 Å². The number of imidazole rings is 1. The Morgan fingerprint density at radius 2 is 2.09 bits per heavy atom. The van der Waals surface area contributed by atoms with Crippen LogP contribution >= 0.6 is 23.1 Å². The van der Waals surface area contributed by atoms with E-state index >= 15 is 0 Å². The summed E-state index contributed by atoms with van der Waals surface area (Å²) in [6.07, 6.45) is 2.20. The van der Waals surface area contributed by atoms with E-state index in [1.807, 2.05) is 30.8 Å². The van der Waals surface area contributed by atoms with Crippen molar-refractivity contribution in [2.24, 2.45) is 0 Å². The first-order valence-corrected chi connectivity index (χ1v) is 9.19. The maximum Gasteiger partial charge on any atom is 0.137 e. The van der Waals surface area contributed by atoms with Gasteiger partial charge in [0.25, 0.3) is 0 Å². The van der Waals surface area contributed by atoms with Crippen molar-refractivity contribution >= 4 is 28.7 Å². The largest absolute Gasteiger partial charge is 0.375 e. The first kappa shape index (κ1) is 15.5. The van der Waals surface area contributed by atoms with E-state index < -0.39 is 0 Å². The summed E-state index contributed by atoms with van der Waals surface area (Å²) in [5.41, 5.74) is 4.45. The van der Waals surface area contributed by atoms with Gasteiger partial charge in [-0.2, -0.15) is 0 Å². The van der Waals surface area contributed by atoms with Crippen LogP contribution in [-0.2, 0) is 16.2 Å². The predicted molar refractivity (Wildman–Crippen MR) is 92.5 cm³/mol. The summed E-state index contributed by atoms with van der Waals surface area (Å²) in [5.74, 6) is 1.80. The zero-order valence-corrected chi connectivity index (χ0v) is 14.6. The number of pyridine rings is 1. The Labute approximate surface area is 138 Å². The molecule has 3 aromatic rings. The molecule has 0 aliphatic carbocycles. The zero-order chi connectivity index (χ0) is 15.5. The highest BCUT2D eigenvalue weighted by atomic mass is 32.2. The fraction of sp³-hybridized carbons (Fsp3) is 0.375. The Morgan fingerprint density at radius 3 is 2.86 bits per heavy atom. The minimum absolute atomic E-state index is 0.0742. The van der Waals surface area contributed by atoms with Gasteiger partial charge in [-0.15, -0.1) is 23.1 Å². The number of fused-ring (bicyclic) bond motifs is 1. The monoisotopic (exact) mass is 333 g/mol. The molecule has 1 atom stereocenters. The standard InChI is InChI=1S/C16H19N3OS2/c1-11-5-4-6-15-17-13(7-19(11)15)8-21-9-14-10-22-16(18-14)12(2)20-3/h4-7,10,12H,8-9H2,1-3H3/t12-/m0/s1. The minimum Gasteiger partial charge on any atom is -0.375 e. The number of thiazole rings is 1. The van der Waals surface area contributed by atoms with E-state index in [2.05, 4.69) is 38.9 Å². The fourth-order valence-electron chi connectivity index (χ4n) is 2.21. The molecule has 116 valence electrons. The maximum absolute atomic E-state index is 5.30. The maximum atomic E-state index is 5.30. The number of aromatic nitrogens is 3. The molecule has 6 heteroatoms. The molecular weight excluding hydrogens is 314 g/mol. The molecule has 0 N–H and O–H groups in total. The average molecular weight is 333 g/mol. The second-order valence-electron chi connectivity index (χ2n) is 5.18. The molecule has 3 aromatic heterocycles. The molecule has 0 unspecified atom stereocenters. The van der Waals surface area contributed by atoms with Gasteiger partial charge in [-0.05, 0) is 26.0 Å². The van der Waals surface area contributed by atoms with E-state index in [0.29, 0.717) is 0 Å². The molecule has 0 aromatic carbocycles. The molecule has 0 saturated heterocycles. The van der Waals surface area contributed by atoms with Gasteiger partial charge in [0.05, 0.1) is 11.4 Å². The Morgan fingerprint density at radius 1 is 1.27 bits per heavy atom. The lowest BCUT2D eigenvalue weighted by atomic mass is 10.4. The van der Waals surface area contributed by atoms with Crippen molar-refractivity contribution in [2.75, 3.05) is 7.11 Å². The summed E-state index contributed by atoms with van der Waals surface area (Å²) in [5, 5.41) is 3.16. The van der Waals surface area contributed by atoms with Crippen LogP contribution in [-0.4, -0.2) is 21.5 Å². The molecule has 22 heavy (non-hydrogen) atoms. The Hall–Kier alpha value is -1.37. The van der Waals surface area contributed by atoms with Crippen molar-refractivity contribution in [3.05, 3.63) is 51.9 Å². The Balaban J connectivity index is 1.60. The highest BCUT2D eigenvalue weighted by molar-refractivity contribution is 7.97. The minimum atomic E-state index is 0.0742. The van der Waals surface area contributed by atoms with Gasteiger partial charge in [0.15, 0.2) is 0 Å². The second kappa shape index (κ2) is 6.81. The van der Waals surface area contributed by atoms with Gasteiger partial charge in [0, 0.05) is 35.9 Å². The molecule has 0 spiro atoms.